The van der Waals surface area contributed by atoms with Crippen molar-refractivity contribution in [3.63, 3.8) is 0 Å². The van der Waals surface area contributed by atoms with Crippen LogP contribution < -0.4 is 5.32 Å². The van der Waals surface area contributed by atoms with E-state index in [2.05, 4.69) is 62.5 Å². The third kappa shape index (κ3) is 50.5. The number of carbonyl (C=O) groups excluding carboxylic acids is 3. The number of unbranched alkanes of at least 4 members (excludes halogenated alkanes) is 33. The molecule has 1 amide bonds. The second-order valence-corrected chi connectivity index (χ2v) is 18.6. The molecule has 0 aromatic heterocycles. The van der Waals surface area contributed by atoms with Gasteiger partial charge in [-0.1, -0.05) is 211 Å². The Hall–Kier alpha value is -2.37. The number of rotatable bonds is 50. The summed E-state index contributed by atoms with van der Waals surface area (Å²) >= 11 is 0. The lowest BCUT2D eigenvalue weighted by atomic mass is 10.1. The summed E-state index contributed by atoms with van der Waals surface area (Å²) in [5.41, 5.74) is 0. The summed E-state index contributed by atoms with van der Waals surface area (Å²) in [6.07, 6.45) is 61.9. The molecule has 0 bridgehead atoms. The quantitative estimate of drug-likeness (QED) is 0.0374. The zero-order valence-electron chi connectivity index (χ0n) is 42.2. The largest absolute Gasteiger partial charge is 0.462 e. The third-order valence-corrected chi connectivity index (χ3v) is 12.2. The van der Waals surface area contributed by atoms with Gasteiger partial charge in [0.15, 0.2) is 6.10 Å². The number of hydrogen-bond donors (Lipinski definition) is 1. The van der Waals surface area contributed by atoms with Crippen molar-refractivity contribution in [1.82, 2.24) is 5.32 Å². The van der Waals surface area contributed by atoms with Crippen molar-refractivity contribution in [1.29, 1.82) is 0 Å². The van der Waals surface area contributed by atoms with Gasteiger partial charge >= 0.3 is 11.9 Å². The molecule has 0 aliphatic heterocycles. The maximum atomic E-state index is 12.8. The summed E-state index contributed by atoms with van der Waals surface area (Å²) < 4.78 is 11.4. The Morgan fingerprint density at radius 3 is 1.00 bits per heavy atom. The highest BCUT2D eigenvalue weighted by atomic mass is 16.6. The van der Waals surface area contributed by atoms with Gasteiger partial charge in [-0.3, -0.25) is 14.4 Å². The fraction of sp³-hybridized carbons (Fsp3) is 0.842. The average Bonchev–Trinajstić information content (AvgIpc) is 3.28. The van der Waals surface area contributed by atoms with Gasteiger partial charge in [0.25, 0.3) is 0 Å². The molecule has 6 heteroatoms. The standard InChI is InChI=1S/C57H105NO5/c1-4-7-10-13-16-19-22-25-28-31-34-37-40-43-46-49-55(59)58-52-54(63-57(61)51-48-45-42-39-36-33-30-27-24-21-18-15-12-9-6-3)53-62-56(60)50-47-44-41-38-35-32-29-26-23-20-17-14-11-8-5-2/h25-30,54H,4-24,31-53H2,1-3H3,(H,58,59)/b28-25-,29-26-,30-27-. The Kier molecular flexibility index (Phi) is 50.3. The number of ether oxygens (including phenoxy) is 2. The van der Waals surface area contributed by atoms with Gasteiger partial charge in [0.1, 0.15) is 6.61 Å². The van der Waals surface area contributed by atoms with Gasteiger partial charge in [0, 0.05) is 19.3 Å². The molecule has 0 aromatic rings. The number of amides is 1. The molecule has 0 heterocycles. The Balaban J connectivity index is 4.39. The molecular formula is C57H105NO5. The highest BCUT2D eigenvalue weighted by molar-refractivity contribution is 5.76. The average molecular weight is 884 g/mol. The predicted octanol–water partition coefficient (Wildman–Crippen LogP) is 17.7. The van der Waals surface area contributed by atoms with E-state index in [1.165, 1.54) is 173 Å². The first kappa shape index (κ1) is 60.6. The van der Waals surface area contributed by atoms with E-state index < -0.39 is 6.10 Å². The lowest BCUT2D eigenvalue weighted by Crippen LogP contribution is -2.38. The molecule has 0 aliphatic carbocycles. The van der Waals surface area contributed by atoms with E-state index in [4.69, 9.17) is 9.47 Å². The highest BCUT2D eigenvalue weighted by Crippen LogP contribution is 2.14. The van der Waals surface area contributed by atoms with Crippen molar-refractivity contribution >= 4 is 17.8 Å². The topological polar surface area (TPSA) is 81.7 Å². The summed E-state index contributed by atoms with van der Waals surface area (Å²) in [4.78, 5) is 38.2. The molecule has 63 heavy (non-hydrogen) atoms. The molecule has 1 unspecified atom stereocenters. The molecule has 0 aliphatic rings. The molecule has 0 saturated heterocycles. The van der Waals surface area contributed by atoms with E-state index in [-0.39, 0.29) is 31.0 Å². The van der Waals surface area contributed by atoms with E-state index in [1.807, 2.05) is 0 Å². The van der Waals surface area contributed by atoms with Crippen molar-refractivity contribution in [2.24, 2.45) is 0 Å². The monoisotopic (exact) mass is 884 g/mol. The van der Waals surface area contributed by atoms with Crippen molar-refractivity contribution in [3.05, 3.63) is 36.5 Å². The lowest BCUT2D eigenvalue weighted by Gasteiger charge is -2.19. The normalized spacial score (nSPS) is 12.2. The molecule has 0 fully saturated rings. The number of esters is 2. The Bertz CT molecular complexity index is 1010. The Labute approximate surface area is 391 Å². The summed E-state index contributed by atoms with van der Waals surface area (Å²) in [5, 5.41) is 2.96. The SMILES string of the molecule is CCCCCCCC/C=C\CCCCCCCC(=O)NCC(COC(=O)CCCCCCC/C=C\CCCCCCCC)OC(=O)CCCCCCC/C=C\CCCCCCCC. The number of allylic oxidation sites excluding steroid dienone is 6. The predicted molar refractivity (Wildman–Crippen MR) is 272 cm³/mol. The summed E-state index contributed by atoms with van der Waals surface area (Å²) in [6.45, 7) is 6.95. The van der Waals surface area contributed by atoms with Crippen LogP contribution in [0.1, 0.15) is 290 Å². The zero-order valence-corrected chi connectivity index (χ0v) is 42.2. The van der Waals surface area contributed by atoms with E-state index in [9.17, 15) is 14.4 Å². The van der Waals surface area contributed by atoms with Crippen LogP contribution in [0.25, 0.3) is 0 Å². The van der Waals surface area contributed by atoms with Crippen LogP contribution in [0.2, 0.25) is 0 Å². The first-order chi connectivity index (χ1) is 31.0. The zero-order chi connectivity index (χ0) is 45.8. The van der Waals surface area contributed by atoms with Gasteiger partial charge in [-0.2, -0.15) is 0 Å². The molecule has 1 atom stereocenters. The van der Waals surface area contributed by atoms with Gasteiger partial charge in [0.05, 0.1) is 6.54 Å². The Morgan fingerprint density at radius 2 is 0.651 bits per heavy atom. The minimum atomic E-state index is -0.670. The minimum absolute atomic E-state index is 0.0181. The van der Waals surface area contributed by atoms with Crippen LogP contribution in [0.3, 0.4) is 0 Å². The maximum absolute atomic E-state index is 12.8. The third-order valence-electron chi connectivity index (χ3n) is 12.2. The number of nitrogens with one attached hydrogen (secondary N) is 1. The van der Waals surface area contributed by atoms with E-state index >= 15 is 0 Å². The summed E-state index contributed by atoms with van der Waals surface area (Å²) in [6, 6.07) is 0. The molecule has 0 rings (SSSR count). The smallest absolute Gasteiger partial charge is 0.306 e. The van der Waals surface area contributed by atoms with Gasteiger partial charge in [-0.25, -0.2) is 0 Å². The van der Waals surface area contributed by atoms with Crippen molar-refractivity contribution in [2.75, 3.05) is 13.2 Å². The second kappa shape index (κ2) is 52.3. The molecule has 0 radical (unpaired) electrons. The van der Waals surface area contributed by atoms with Gasteiger partial charge in [0.2, 0.25) is 5.91 Å². The van der Waals surface area contributed by atoms with Crippen LogP contribution in [-0.4, -0.2) is 37.1 Å². The molecule has 368 valence electrons. The van der Waals surface area contributed by atoms with Crippen LogP contribution in [0.15, 0.2) is 36.5 Å². The van der Waals surface area contributed by atoms with Crippen LogP contribution >= 0.6 is 0 Å². The lowest BCUT2D eigenvalue weighted by molar-refractivity contribution is -0.159. The van der Waals surface area contributed by atoms with E-state index in [0.29, 0.717) is 19.3 Å². The fourth-order valence-electron chi connectivity index (χ4n) is 7.99. The van der Waals surface area contributed by atoms with E-state index in [1.54, 1.807) is 0 Å². The van der Waals surface area contributed by atoms with E-state index in [0.717, 1.165) is 77.0 Å². The van der Waals surface area contributed by atoms with Crippen LogP contribution in [0, 0.1) is 0 Å². The first-order valence-corrected chi connectivity index (χ1v) is 27.6. The summed E-state index contributed by atoms with van der Waals surface area (Å²) in [7, 11) is 0. The second-order valence-electron chi connectivity index (χ2n) is 18.6. The molecule has 1 N–H and O–H groups in total. The fourth-order valence-corrected chi connectivity index (χ4v) is 7.99. The molecular weight excluding hydrogens is 779 g/mol. The maximum Gasteiger partial charge on any atom is 0.306 e. The van der Waals surface area contributed by atoms with Crippen molar-refractivity contribution < 1.29 is 23.9 Å². The number of hydrogen-bond acceptors (Lipinski definition) is 5. The van der Waals surface area contributed by atoms with Gasteiger partial charge in [-0.15, -0.1) is 0 Å². The van der Waals surface area contributed by atoms with Crippen molar-refractivity contribution in [2.45, 2.75) is 297 Å². The molecule has 0 saturated carbocycles. The van der Waals surface area contributed by atoms with Crippen LogP contribution in [-0.2, 0) is 23.9 Å². The van der Waals surface area contributed by atoms with Crippen LogP contribution in [0.5, 0.6) is 0 Å². The van der Waals surface area contributed by atoms with Gasteiger partial charge < -0.3 is 14.8 Å². The Morgan fingerprint density at radius 1 is 0.365 bits per heavy atom. The molecule has 6 nitrogen and oxygen atoms in total. The first-order valence-electron chi connectivity index (χ1n) is 27.6. The summed E-state index contributed by atoms with van der Waals surface area (Å²) in [5.74, 6) is -0.575. The van der Waals surface area contributed by atoms with Crippen molar-refractivity contribution in [3.8, 4) is 0 Å². The number of carbonyl (C=O) groups is 3. The molecule has 0 spiro atoms. The minimum Gasteiger partial charge on any atom is -0.462 e. The highest BCUT2D eigenvalue weighted by Gasteiger charge is 2.18. The molecule has 0 aromatic carbocycles. The van der Waals surface area contributed by atoms with Crippen LogP contribution in [0.4, 0.5) is 0 Å². The van der Waals surface area contributed by atoms with Gasteiger partial charge in [-0.05, 0) is 96.3 Å².